The van der Waals surface area contributed by atoms with E-state index in [1.54, 1.807) is 27.7 Å². The Morgan fingerprint density at radius 2 is 1.87 bits per heavy atom. The van der Waals surface area contributed by atoms with Gasteiger partial charge in [-0.3, -0.25) is 14.4 Å². The molecule has 38 heavy (non-hydrogen) atoms. The lowest BCUT2D eigenvalue weighted by atomic mass is 9.68. The summed E-state index contributed by atoms with van der Waals surface area (Å²) in [7, 11) is 1.43. The monoisotopic (exact) mass is 540 g/mol. The average molecular weight is 541 g/mol. The van der Waals surface area contributed by atoms with Gasteiger partial charge in [0.05, 0.1) is 31.0 Å². The van der Waals surface area contributed by atoms with Crippen molar-refractivity contribution in [2.24, 2.45) is 41.4 Å². The molecule has 3 fully saturated rings. The highest BCUT2D eigenvalue weighted by Gasteiger charge is 2.53. The van der Waals surface area contributed by atoms with Crippen molar-refractivity contribution in [3.05, 3.63) is 0 Å². The minimum atomic E-state index is -0.901. The van der Waals surface area contributed by atoms with Gasteiger partial charge in [-0.25, -0.2) is 4.79 Å². The summed E-state index contributed by atoms with van der Waals surface area (Å²) in [5.41, 5.74) is -0.617. The van der Waals surface area contributed by atoms with E-state index in [9.17, 15) is 24.3 Å². The molecule has 3 rings (SSSR count). The van der Waals surface area contributed by atoms with Gasteiger partial charge in [-0.05, 0) is 76.0 Å². The molecule has 0 aromatic carbocycles. The number of aliphatic hydroxyl groups is 1. The van der Waals surface area contributed by atoms with Gasteiger partial charge in [-0.1, -0.05) is 13.8 Å². The first kappa shape index (κ1) is 30.3. The zero-order chi connectivity index (χ0) is 28.2. The largest absolute Gasteiger partial charge is 0.463 e. The molecular formula is C28H44O10. The van der Waals surface area contributed by atoms with Crippen LogP contribution in [0.15, 0.2) is 0 Å². The van der Waals surface area contributed by atoms with E-state index in [0.29, 0.717) is 24.7 Å². The van der Waals surface area contributed by atoms with Crippen molar-refractivity contribution in [2.75, 3.05) is 20.5 Å². The predicted molar refractivity (Wildman–Crippen MR) is 134 cm³/mol. The number of hydrogen-bond donors (Lipinski definition) is 1. The van der Waals surface area contributed by atoms with Crippen molar-refractivity contribution in [3.8, 4) is 0 Å². The smallest absolute Gasteiger partial charge is 0.347 e. The fourth-order valence-corrected chi connectivity index (χ4v) is 6.56. The van der Waals surface area contributed by atoms with Gasteiger partial charge in [-0.2, -0.15) is 0 Å². The molecular weight excluding hydrogens is 496 g/mol. The van der Waals surface area contributed by atoms with Crippen LogP contribution in [-0.4, -0.2) is 67.3 Å². The molecule has 2 saturated carbocycles. The molecule has 10 nitrogen and oxygen atoms in total. The number of methoxy groups -OCH3 is 1. The fourth-order valence-electron chi connectivity index (χ4n) is 6.56. The molecule has 2 bridgehead atoms. The first-order valence-corrected chi connectivity index (χ1v) is 13.7. The number of esters is 4. The lowest BCUT2D eigenvalue weighted by molar-refractivity contribution is -0.166. The first-order chi connectivity index (χ1) is 17.8. The Morgan fingerprint density at radius 3 is 2.45 bits per heavy atom. The summed E-state index contributed by atoms with van der Waals surface area (Å²) in [6, 6.07) is 0. The highest BCUT2D eigenvalue weighted by atomic mass is 16.7. The standard InChI is InChI=1S/C28H44O10/c1-15(25(31)37-23-7-8-35-27(23)33)9-18(26(32)36-14-34-6)12-19-16(2)17-10-20(19)21(11-17)22(29)13-24(30)38-28(3,4)5/h15-23,29H,7-14H2,1-6H3. The topological polar surface area (TPSA) is 135 Å². The van der Waals surface area contributed by atoms with E-state index in [2.05, 4.69) is 6.92 Å². The highest BCUT2D eigenvalue weighted by molar-refractivity contribution is 5.82. The van der Waals surface area contributed by atoms with Gasteiger partial charge < -0.3 is 28.8 Å². The number of fused-ring (bicyclic) bond motifs is 2. The first-order valence-electron chi connectivity index (χ1n) is 13.7. The summed E-state index contributed by atoms with van der Waals surface area (Å²) in [6.45, 7) is 9.28. The third-order valence-corrected chi connectivity index (χ3v) is 8.35. The third kappa shape index (κ3) is 7.68. The molecule has 9 unspecified atom stereocenters. The normalized spacial score (nSPS) is 30.9. The number of rotatable bonds is 12. The lowest BCUT2D eigenvalue weighted by Gasteiger charge is -2.38. The second-order valence-electron chi connectivity index (χ2n) is 12.3. The maximum Gasteiger partial charge on any atom is 0.347 e. The van der Waals surface area contributed by atoms with E-state index in [1.165, 1.54) is 7.11 Å². The molecule has 1 N–H and O–H groups in total. The summed E-state index contributed by atoms with van der Waals surface area (Å²) < 4.78 is 25.8. The number of carbonyl (C=O) groups is 4. The van der Waals surface area contributed by atoms with Crippen molar-refractivity contribution in [3.63, 3.8) is 0 Å². The Morgan fingerprint density at radius 1 is 1.16 bits per heavy atom. The zero-order valence-electron chi connectivity index (χ0n) is 23.5. The maximum atomic E-state index is 13.0. The molecule has 0 aromatic rings. The van der Waals surface area contributed by atoms with E-state index >= 15 is 0 Å². The van der Waals surface area contributed by atoms with Crippen LogP contribution in [0.2, 0.25) is 0 Å². The van der Waals surface area contributed by atoms with Gasteiger partial charge in [0, 0.05) is 13.5 Å². The Hall–Kier alpha value is -2.20. The van der Waals surface area contributed by atoms with E-state index in [-0.39, 0.29) is 44.0 Å². The van der Waals surface area contributed by atoms with Crippen LogP contribution < -0.4 is 0 Å². The molecule has 1 heterocycles. The van der Waals surface area contributed by atoms with Gasteiger partial charge >= 0.3 is 23.9 Å². The van der Waals surface area contributed by atoms with Crippen LogP contribution in [0.4, 0.5) is 0 Å². The van der Waals surface area contributed by atoms with Gasteiger partial charge in [0.15, 0.2) is 6.79 Å². The second-order valence-corrected chi connectivity index (χ2v) is 12.3. The molecule has 10 heteroatoms. The van der Waals surface area contributed by atoms with Crippen molar-refractivity contribution in [2.45, 2.75) is 91.0 Å². The lowest BCUT2D eigenvalue weighted by Crippen LogP contribution is -2.38. The van der Waals surface area contributed by atoms with Crippen molar-refractivity contribution in [1.29, 1.82) is 0 Å². The highest BCUT2D eigenvalue weighted by Crippen LogP contribution is 2.58. The number of hydrogen-bond acceptors (Lipinski definition) is 10. The molecule has 3 aliphatic rings. The molecule has 9 atom stereocenters. The van der Waals surface area contributed by atoms with E-state index < -0.39 is 53.5 Å². The molecule has 0 radical (unpaired) electrons. The molecule has 0 amide bonds. The third-order valence-electron chi connectivity index (χ3n) is 8.35. The van der Waals surface area contributed by atoms with E-state index in [0.717, 1.165) is 12.8 Å². The Kier molecular flexibility index (Phi) is 10.2. The molecule has 0 aromatic heterocycles. The fraction of sp³-hybridized carbons (Fsp3) is 0.857. The predicted octanol–water partition coefficient (Wildman–Crippen LogP) is 3.03. The maximum absolute atomic E-state index is 13.0. The SMILES string of the molecule is COCOC(=O)C(CC(C)C(=O)OC1CCOC1=O)CC1C(C)C2CC(C(O)CC(=O)OC(C)(C)C)C1C2. The molecule has 216 valence electrons. The van der Waals surface area contributed by atoms with Crippen LogP contribution in [0.3, 0.4) is 0 Å². The molecule has 1 saturated heterocycles. The van der Waals surface area contributed by atoms with Crippen LogP contribution >= 0.6 is 0 Å². The summed E-state index contributed by atoms with van der Waals surface area (Å²) in [5, 5.41) is 11.0. The average Bonchev–Trinajstić information content (AvgIpc) is 3.51. The van der Waals surface area contributed by atoms with Crippen molar-refractivity contribution >= 4 is 23.9 Å². The number of aliphatic hydroxyl groups excluding tert-OH is 1. The summed E-state index contributed by atoms with van der Waals surface area (Å²) >= 11 is 0. The van der Waals surface area contributed by atoms with Crippen LogP contribution in [-0.2, 0) is 42.9 Å². The van der Waals surface area contributed by atoms with Crippen molar-refractivity contribution in [1.82, 2.24) is 0 Å². The zero-order valence-corrected chi connectivity index (χ0v) is 23.5. The van der Waals surface area contributed by atoms with E-state index in [4.69, 9.17) is 23.7 Å². The Bertz CT molecular complexity index is 864. The van der Waals surface area contributed by atoms with Crippen LogP contribution in [0.5, 0.6) is 0 Å². The number of cyclic esters (lactones) is 1. The number of ether oxygens (including phenoxy) is 5. The van der Waals surface area contributed by atoms with Crippen LogP contribution in [0, 0.1) is 41.4 Å². The quantitative estimate of drug-likeness (QED) is 0.224. The van der Waals surface area contributed by atoms with Gasteiger partial charge in [-0.15, -0.1) is 0 Å². The molecule has 1 aliphatic heterocycles. The summed E-state index contributed by atoms with van der Waals surface area (Å²) in [6.07, 6.45) is 1.02. The van der Waals surface area contributed by atoms with Crippen molar-refractivity contribution < 1.29 is 48.0 Å². The Labute approximate surface area is 225 Å². The number of carbonyl (C=O) groups excluding carboxylic acids is 4. The Balaban J connectivity index is 1.66. The minimum Gasteiger partial charge on any atom is -0.463 e. The van der Waals surface area contributed by atoms with Gasteiger partial charge in [0.1, 0.15) is 5.60 Å². The van der Waals surface area contributed by atoms with E-state index in [1.807, 2.05) is 0 Å². The van der Waals surface area contributed by atoms with Gasteiger partial charge in [0.2, 0.25) is 6.10 Å². The van der Waals surface area contributed by atoms with Crippen LogP contribution in [0.1, 0.15) is 73.1 Å². The minimum absolute atomic E-state index is 0.0554. The summed E-state index contributed by atoms with van der Waals surface area (Å²) in [5.74, 6) is -2.23. The van der Waals surface area contributed by atoms with Gasteiger partial charge in [0.25, 0.3) is 0 Å². The van der Waals surface area contributed by atoms with Crippen LogP contribution in [0.25, 0.3) is 0 Å². The summed E-state index contributed by atoms with van der Waals surface area (Å²) in [4.78, 5) is 49.8. The molecule has 2 aliphatic carbocycles. The molecule has 0 spiro atoms. The second kappa shape index (κ2) is 12.8.